The summed E-state index contributed by atoms with van der Waals surface area (Å²) in [4.78, 5) is 68.9. The molecular formula is C17H24N2O8S. The van der Waals surface area contributed by atoms with Crippen molar-refractivity contribution in [3.63, 3.8) is 0 Å². The van der Waals surface area contributed by atoms with Gasteiger partial charge in [0.1, 0.15) is 12.4 Å². The van der Waals surface area contributed by atoms with Crippen LogP contribution in [-0.2, 0) is 38.2 Å². The Balaban J connectivity index is 2.32. The number of Topliss-reactive ketones (excluding diaryl/α,β-unsaturated/α-hetero) is 1. The zero-order chi connectivity index (χ0) is 21.3. The van der Waals surface area contributed by atoms with E-state index < -0.39 is 29.4 Å². The minimum Gasteiger partial charge on any atom is -0.457 e. The zero-order valence-electron chi connectivity index (χ0n) is 16.0. The molecule has 1 aliphatic rings. The third-order valence-electron chi connectivity index (χ3n) is 3.65. The average molecular weight is 416 g/mol. The summed E-state index contributed by atoms with van der Waals surface area (Å²) in [7, 11) is 0. The van der Waals surface area contributed by atoms with E-state index in [1.54, 1.807) is 13.8 Å². The minimum atomic E-state index is -1.24. The molecule has 10 nitrogen and oxygen atoms in total. The van der Waals surface area contributed by atoms with Crippen LogP contribution in [0.1, 0.15) is 33.6 Å². The van der Waals surface area contributed by atoms with Crippen molar-refractivity contribution in [2.24, 2.45) is 5.41 Å². The van der Waals surface area contributed by atoms with Crippen LogP contribution < -0.4 is 10.6 Å². The molecule has 0 saturated carbocycles. The van der Waals surface area contributed by atoms with Crippen molar-refractivity contribution in [2.45, 2.75) is 39.7 Å². The van der Waals surface area contributed by atoms with Crippen LogP contribution in [0.2, 0.25) is 0 Å². The molecule has 11 heteroatoms. The number of hydrogen-bond acceptors (Lipinski definition) is 9. The van der Waals surface area contributed by atoms with E-state index in [0.717, 1.165) is 11.8 Å². The monoisotopic (exact) mass is 416 g/mol. The van der Waals surface area contributed by atoms with Gasteiger partial charge in [-0.3, -0.25) is 19.2 Å². The highest BCUT2D eigenvalue weighted by molar-refractivity contribution is 8.13. The normalized spacial score (nSPS) is 18.3. The smallest absolute Gasteiger partial charge is 0.418 e. The van der Waals surface area contributed by atoms with Crippen molar-refractivity contribution in [3.05, 3.63) is 0 Å². The maximum atomic E-state index is 12.3. The van der Waals surface area contributed by atoms with Gasteiger partial charge in [-0.1, -0.05) is 25.6 Å². The van der Waals surface area contributed by atoms with Crippen molar-refractivity contribution >= 4 is 46.4 Å². The number of hydrogen-bond donors (Lipinski definition) is 2. The van der Waals surface area contributed by atoms with Crippen molar-refractivity contribution in [2.75, 3.05) is 25.4 Å². The Hall–Kier alpha value is -2.43. The molecule has 1 aliphatic heterocycles. The van der Waals surface area contributed by atoms with Gasteiger partial charge < -0.3 is 20.1 Å². The van der Waals surface area contributed by atoms with Crippen LogP contribution in [0.4, 0.5) is 0 Å². The molecule has 28 heavy (non-hydrogen) atoms. The van der Waals surface area contributed by atoms with E-state index >= 15 is 0 Å². The number of amides is 2. The molecule has 0 bridgehead atoms. The summed E-state index contributed by atoms with van der Waals surface area (Å²) in [5.41, 5.74) is -0.919. The van der Waals surface area contributed by atoms with E-state index in [0.29, 0.717) is 5.75 Å². The second-order valence-corrected chi connectivity index (χ2v) is 7.99. The van der Waals surface area contributed by atoms with Crippen molar-refractivity contribution in [1.82, 2.24) is 10.6 Å². The largest absolute Gasteiger partial charge is 0.457 e. The lowest BCUT2D eigenvalue weighted by Gasteiger charge is -2.28. The molecule has 0 aromatic heterocycles. The number of esters is 2. The first-order valence-corrected chi connectivity index (χ1v) is 9.58. The minimum absolute atomic E-state index is 0.0000106. The number of rotatable bonds is 9. The van der Waals surface area contributed by atoms with Gasteiger partial charge in [0.15, 0.2) is 11.2 Å². The van der Waals surface area contributed by atoms with Crippen molar-refractivity contribution in [3.8, 4) is 0 Å². The van der Waals surface area contributed by atoms with Crippen LogP contribution in [0, 0.1) is 5.41 Å². The highest BCUT2D eigenvalue weighted by Gasteiger charge is 2.44. The van der Waals surface area contributed by atoms with Crippen LogP contribution in [-0.4, -0.2) is 66.2 Å². The van der Waals surface area contributed by atoms with Gasteiger partial charge in [0.25, 0.3) is 5.91 Å². The fourth-order valence-corrected chi connectivity index (χ4v) is 2.94. The maximum absolute atomic E-state index is 12.3. The molecule has 1 rings (SSSR count). The van der Waals surface area contributed by atoms with Crippen molar-refractivity contribution < 1.29 is 38.2 Å². The van der Waals surface area contributed by atoms with Gasteiger partial charge in [-0.05, 0) is 6.92 Å². The maximum Gasteiger partial charge on any atom is 0.418 e. The highest BCUT2D eigenvalue weighted by atomic mass is 32.2. The second-order valence-electron chi connectivity index (χ2n) is 6.84. The van der Waals surface area contributed by atoms with Gasteiger partial charge in [-0.2, -0.15) is 0 Å². The first kappa shape index (κ1) is 23.6. The number of ether oxygens (including phenoxy) is 2. The van der Waals surface area contributed by atoms with Gasteiger partial charge in [0.05, 0.1) is 6.42 Å². The molecule has 1 atom stereocenters. The summed E-state index contributed by atoms with van der Waals surface area (Å²) >= 11 is 0.964. The summed E-state index contributed by atoms with van der Waals surface area (Å²) in [5, 5.41) is 4.82. The Kier molecular flexibility index (Phi) is 9.10. The first-order chi connectivity index (χ1) is 13.0. The molecule has 1 heterocycles. The topological polar surface area (TPSA) is 145 Å². The lowest BCUT2D eigenvalue weighted by Crippen LogP contribution is -2.47. The molecule has 0 aliphatic carbocycles. The number of carbonyl (C=O) groups excluding carboxylic acids is 6. The predicted octanol–water partition coefficient (Wildman–Crippen LogP) is -0.657. The lowest BCUT2D eigenvalue weighted by molar-refractivity contribution is -0.168. The number of cyclic esters (lactones) is 2. The van der Waals surface area contributed by atoms with Crippen LogP contribution >= 0.6 is 11.8 Å². The number of thioether (sulfide) groups is 1. The standard InChI is InChI=1S/C17H24N2O8S/c1-10(20)8-12(22)28-7-6-18-11(21)4-5-19-14(23)13-17(2,3)9-26-15(24)16(25)27-13/h13H,4-9H2,1-3H3,(H,18,21)(H,19,23)/t13-/m0/s1. The fraction of sp³-hybridized carbons (Fsp3) is 0.647. The number of ketones is 1. The Morgan fingerprint density at radius 3 is 2.43 bits per heavy atom. The number of carbonyl (C=O) groups is 6. The van der Waals surface area contributed by atoms with E-state index in [4.69, 9.17) is 9.47 Å². The third-order valence-corrected chi connectivity index (χ3v) is 4.52. The Labute approximate surface area is 166 Å². The fourth-order valence-electron chi connectivity index (χ4n) is 2.20. The molecule has 0 aromatic carbocycles. The van der Waals surface area contributed by atoms with E-state index in [1.807, 2.05) is 0 Å². The van der Waals surface area contributed by atoms with Gasteiger partial charge in [-0.15, -0.1) is 0 Å². The summed E-state index contributed by atoms with van der Waals surface area (Å²) in [5.74, 6) is -3.23. The Morgan fingerprint density at radius 2 is 1.79 bits per heavy atom. The Bertz CT molecular complexity index is 662. The van der Waals surface area contributed by atoms with Crippen molar-refractivity contribution in [1.29, 1.82) is 0 Å². The molecule has 0 spiro atoms. The second kappa shape index (κ2) is 10.8. The SMILES string of the molecule is CC(=O)CC(=O)SCCNC(=O)CCNC(=O)[C@@H]1OC(=O)C(=O)OCC1(C)C. The van der Waals surface area contributed by atoms with E-state index in [-0.39, 0.29) is 49.3 Å². The molecule has 156 valence electrons. The predicted molar refractivity (Wildman–Crippen MR) is 98.0 cm³/mol. The average Bonchev–Trinajstić information content (AvgIpc) is 2.69. The van der Waals surface area contributed by atoms with Crippen LogP contribution in [0.3, 0.4) is 0 Å². The van der Waals surface area contributed by atoms with Gasteiger partial charge in [0.2, 0.25) is 5.91 Å². The van der Waals surface area contributed by atoms with Gasteiger partial charge in [-0.25, -0.2) is 9.59 Å². The Morgan fingerprint density at radius 1 is 1.11 bits per heavy atom. The molecule has 0 unspecified atom stereocenters. The third kappa shape index (κ3) is 8.07. The molecule has 0 aromatic rings. The molecular weight excluding hydrogens is 392 g/mol. The van der Waals surface area contributed by atoms with Gasteiger partial charge >= 0.3 is 11.9 Å². The van der Waals surface area contributed by atoms with E-state index in [9.17, 15) is 28.8 Å². The van der Waals surface area contributed by atoms with E-state index in [1.165, 1.54) is 6.92 Å². The number of nitrogens with one attached hydrogen (secondary N) is 2. The van der Waals surface area contributed by atoms with Crippen LogP contribution in [0.25, 0.3) is 0 Å². The van der Waals surface area contributed by atoms with E-state index in [2.05, 4.69) is 10.6 Å². The molecule has 1 fully saturated rings. The van der Waals surface area contributed by atoms with Gasteiger partial charge in [0, 0.05) is 30.7 Å². The summed E-state index contributed by atoms with van der Waals surface area (Å²) in [6, 6.07) is 0. The quantitative estimate of drug-likeness (QED) is 0.216. The molecule has 2 N–H and O–H groups in total. The summed E-state index contributed by atoms with van der Waals surface area (Å²) in [6.45, 7) is 4.64. The highest BCUT2D eigenvalue weighted by Crippen LogP contribution is 2.27. The first-order valence-electron chi connectivity index (χ1n) is 8.60. The lowest BCUT2D eigenvalue weighted by atomic mass is 9.87. The molecule has 1 saturated heterocycles. The summed E-state index contributed by atoms with van der Waals surface area (Å²) in [6.07, 6.45) is -1.38. The van der Waals surface area contributed by atoms with Crippen LogP contribution in [0.15, 0.2) is 0 Å². The van der Waals surface area contributed by atoms with Crippen LogP contribution in [0.5, 0.6) is 0 Å². The molecule has 2 amide bonds. The zero-order valence-corrected chi connectivity index (χ0v) is 16.8. The summed E-state index contributed by atoms with van der Waals surface area (Å²) < 4.78 is 9.65. The molecule has 0 radical (unpaired) electrons.